The van der Waals surface area contributed by atoms with E-state index in [0.29, 0.717) is 0 Å². The minimum Gasteiger partial charge on any atom is -0.348 e. The molecule has 1 aliphatic heterocycles. The lowest BCUT2D eigenvalue weighted by Crippen LogP contribution is -2.35. The number of amides is 1. The minimum absolute atomic E-state index is 0.226. The molecule has 0 saturated heterocycles. The van der Waals surface area contributed by atoms with Crippen LogP contribution in [-0.4, -0.2) is 35.6 Å². The van der Waals surface area contributed by atoms with Crippen LogP contribution in [0.25, 0.3) is 0 Å². The number of para-hydroxylation sites is 1. The van der Waals surface area contributed by atoms with Crippen LogP contribution >= 0.6 is 22.9 Å². The van der Waals surface area contributed by atoms with Crippen molar-refractivity contribution in [1.29, 1.82) is 0 Å². The molecule has 1 aliphatic rings. The van der Waals surface area contributed by atoms with Gasteiger partial charge in [0.2, 0.25) is 5.91 Å². The summed E-state index contributed by atoms with van der Waals surface area (Å²) in [6.07, 6.45) is -6.19. The van der Waals surface area contributed by atoms with Crippen LogP contribution in [0.1, 0.15) is 17.1 Å². The van der Waals surface area contributed by atoms with Crippen molar-refractivity contribution < 1.29 is 22.7 Å². The first-order chi connectivity index (χ1) is 13.2. The molecule has 1 atom stereocenters. The van der Waals surface area contributed by atoms with Crippen molar-refractivity contribution in [3.63, 3.8) is 0 Å². The zero-order chi connectivity index (χ0) is 20.3. The molecule has 1 unspecified atom stereocenters. The Morgan fingerprint density at radius 1 is 1.43 bits per heavy atom. The Morgan fingerprint density at radius 3 is 2.82 bits per heavy atom. The highest BCUT2D eigenvalue weighted by Crippen LogP contribution is 2.35. The smallest absolute Gasteiger partial charge is 0.348 e. The maximum atomic E-state index is 13.1. The van der Waals surface area contributed by atoms with Crippen molar-refractivity contribution in [1.82, 2.24) is 10.3 Å². The largest absolute Gasteiger partial charge is 0.431 e. The van der Waals surface area contributed by atoms with E-state index in [4.69, 9.17) is 16.3 Å². The second-order valence-corrected chi connectivity index (χ2v) is 7.32. The van der Waals surface area contributed by atoms with Gasteiger partial charge in [0.15, 0.2) is 6.23 Å². The molecule has 150 valence electrons. The van der Waals surface area contributed by atoms with Crippen LogP contribution < -0.4 is 10.3 Å². The molecule has 3 rings (SSSR count). The number of rotatable bonds is 6. The summed E-state index contributed by atoms with van der Waals surface area (Å²) in [5, 5.41) is 10.1. The highest BCUT2D eigenvalue weighted by atomic mass is 35.5. The van der Waals surface area contributed by atoms with Crippen molar-refractivity contribution in [2.75, 3.05) is 11.6 Å². The SMILES string of the molecule is Cc1csc(CNC(=O)COC2CC(C(F)(F)F)=NN2c2ccccc2Cl)n1. The number of hydrogen-bond donors (Lipinski definition) is 1. The summed E-state index contributed by atoms with van der Waals surface area (Å²) in [7, 11) is 0. The first kappa shape index (κ1) is 20.6. The molecule has 0 radical (unpaired) electrons. The van der Waals surface area contributed by atoms with E-state index < -0.39 is 37.1 Å². The molecule has 0 aliphatic carbocycles. The molecule has 28 heavy (non-hydrogen) atoms. The normalized spacial score (nSPS) is 17.0. The van der Waals surface area contributed by atoms with Gasteiger partial charge in [-0.2, -0.15) is 18.3 Å². The summed E-state index contributed by atoms with van der Waals surface area (Å²) in [5.41, 5.74) is 0.131. The molecule has 1 aromatic heterocycles. The second kappa shape index (κ2) is 8.46. The van der Waals surface area contributed by atoms with Gasteiger partial charge in [-0.15, -0.1) is 11.3 Å². The number of hydrazone groups is 1. The molecule has 1 aromatic carbocycles. The number of halogens is 4. The van der Waals surface area contributed by atoms with Crippen LogP contribution in [0.5, 0.6) is 0 Å². The maximum absolute atomic E-state index is 13.1. The fraction of sp³-hybridized carbons (Fsp3) is 0.353. The third kappa shape index (κ3) is 5.00. The number of alkyl halides is 3. The molecule has 1 N–H and O–H groups in total. The molecule has 2 heterocycles. The van der Waals surface area contributed by atoms with Crippen LogP contribution in [0.2, 0.25) is 5.02 Å². The summed E-state index contributed by atoms with van der Waals surface area (Å²) in [6, 6.07) is 6.35. The van der Waals surface area contributed by atoms with E-state index in [1.807, 2.05) is 12.3 Å². The van der Waals surface area contributed by atoms with Gasteiger partial charge in [0.25, 0.3) is 0 Å². The standard InChI is InChI=1S/C17H16ClF3N4O2S/c1-10-9-28-15(23-10)7-22-14(26)8-27-16-6-13(17(19,20)21)24-25(16)12-5-3-2-4-11(12)18/h2-5,9,16H,6-8H2,1H3,(H,22,26). The molecular formula is C17H16ClF3N4O2S. The lowest BCUT2D eigenvalue weighted by atomic mass is 10.2. The van der Waals surface area contributed by atoms with Crippen LogP contribution in [-0.2, 0) is 16.1 Å². The average Bonchev–Trinajstić information content (AvgIpc) is 3.24. The number of nitrogens with one attached hydrogen (secondary N) is 1. The highest BCUT2D eigenvalue weighted by molar-refractivity contribution is 7.09. The highest BCUT2D eigenvalue weighted by Gasteiger charge is 2.44. The molecule has 0 spiro atoms. The van der Waals surface area contributed by atoms with Crippen LogP contribution in [0.4, 0.5) is 18.9 Å². The molecule has 0 saturated carbocycles. The predicted molar refractivity (Wildman–Crippen MR) is 100 cm³/mol. The van der Waals surface area contributed by atoms with Gasteiger partial charge in [-0.3, -0.25) is 4.79 Å². The summed E-state index contributed by atoms with van der Waals surface area (Å²) >= 11 is 7.49. The zero-order valence-electron chi connectivity index (χ0n) is 14.7. The van der Waals surface area contributed by atoms with E-state index in [-0.39, 0.29) is 17.3 Å². The molecule has 0 bridgehead atoms. The number of hydrogen-bond acceptors (Lipinski definition) is 6. The van der Waals surface area contributed by atoms with Gasteiger partial charge in [0.1, 0.15) is 17.3 Å². The molecule has 11 heteroatoms. The second-order valence-electron chi connectivity index (χ2n) is 5.97. The predicted octanol–water partition coefficient (Wildman–Crippen LogP) is 3.89. The van der Waals surface area contributed by atoms with Crippen molar-refractivity contribution in [3.05, 3.63) is 45.4 Å². The Bertz CT molecular complexity index is 887. The van der Waals surface area contributed by atoms with Crippen molar-refractivity contribution in [3.8, 4) is 0 Å². The number of aryl methyl sites for hydroxylation is 1. The lowest BCUT2D eigenvalue weighted by molar-refractivity contribution is -0.127. The first-order valence-corrected chi connectivity index (χ1v) is 9.47. The molecule has 0 fully saturated rings. The Hall–Kier alpha value is -2.17. The number of aromatic nitrogens is 1. The Labute approximate surface area is 168 Å². The third-order valence-electron chi connectivity index (χ3n) is 3.81. The van der Waals surface area contributed by atoms with Crippen molar-refractivity contribution >= 4 is 40.2 Å². The number of carbonyl (C=O) groups excluding carboxylic acids is 1. The van der Waals surface area contributed by atoms with E-state index in [0.717, 1.165) is 15.7 Å². The summed E-state index contributed by atoms with van der Waals surface area (Å²) in [6.45, 7) is 1.65. The monoisotopic (exact) mass is 432 g/mol. The summed E-state index contributed by atoms with van der Waals surface area (Å²) in [4.78, 5) is 16.2. The Kier molecular flexibility index (Phi) is 6.21. The van der Waals surface area contributed by atoms with Gasteiger partial charge in [-0.05, 0) is 19.1 Å². The number of nitrogens with zero attached hydrogens (tertiary/aromatic N) is 3. The maximum Gasteiger partial charge on any atom is 0.431 e. The van der Waals surface area contributed by atoms with Crippen molar-refractivity contribution in [2.24, 2.45) is 5.10 Å². The number of carbonyl (C=O) groups is 1. The molecule has 6 nitrogen and oxygen atoms in total. The van der Waals surface area contributed by atoms with Gasteiger partial charge in [0, 0.05) is 17.5 Å². The number of anilines is 1. The van der Waals surface area contributed by atoms with Gasteiger partial charge in [0.05, 0.1) is 17.3 Å². The number of thiazole rings is 1. The Morgan fingerprint density at radius 2 is 2.18 bits per heavy atom. The lowest BCUT2D eigenvalue weighted by Gasteiger charge is -2.24. The van der Waals surface area contributed by atoms with E-state index >= 15 is 0 Å². The summed E-state index contributed by atoms with van der Waals surface area (Å²) < 4.78 is 44.7. The molecule has 2 aromatic rings. The van der Waals surface area contributed by atoms with E-state index in [1.165, 1.54) is 23.5 Å². The van der Waals surface area contributed by atoms with Gasteiger partial charge in [-0.25, -0.2) is 9.99 Å². The fourth-order valence-corrected chi connectivity index (χ4v) is 3.45. The van der Waals surface area contributed by atoms with Crippen molar-refractivity contribution in [2.45, 2.75) is 32.3 Å². The third-order valence-corrected chi connectivity index (χ3v) is 5.09. The number of benzene rings is 1. The summed E-state index contributed by atoms with van der Waals surface area (Å²) in [5.74, 6) is -0.465. The minimum atomic E-state index is -4.59. The van der Waals surface area contributed by atoms with Crippen LogP contribution in [0.3, 0.4) is 0 Å². The van der Waals surface area contributed by atoms with Crippen LogP contribution in [0.15, 0.2) is 34.7 Å². The topological polar surface area (TPSA) is 66.8 Å². The quantitative estimate of drug-likeness (QED) is 0.752. The molecular weight excluding hydrogens is 417 g/mol. The first-order valence-electron chi connectivity index (χ1n) is 8.22. The van der Waals surface area contributed by atoms with Crippen LogP contribution in [0, 0.1) is 6.92 Å². The zero-order valence-corrected chi connectivity index (χ0v) is 16.2. The fourth-order valence-electron chi connectivity index (χ4n) is 2.52. The van der Waals surface area contributed by atoms with Gasteiger partial charge >= 0.3 is 6.18 Å². The average molecular weight is 433 g/mol. The van der Waals surface area contributed by atoms with E-state index in [9.17, 15) is 18.0 Å². The molecule has 1 amide bonds. The van der Waals surface area contributed by atoms with Gasteiger partial charge < -0.3 is 10.1 Å². The number of ether oxygens (including phenoxy) is 1. The Balaban J connectivity index is 1.64. The van der Waals surface area contributed by atoms with Gasteiger partial charge in [-0.1, -0.05) is 23.7 Å². The van der Waals surface area contributed by atoms with E-state index in [1.54, 1.807) is 12.1 Å². The van der Waals surface area contributed by atoms with E-state index in [2.05, 4.69) is 15.4 Å².